The molecule has 1 rings (SSSR count). The minimum Gasteiger partial charge on any atom is -0.399 e. The predicted octanol–water partition coefficient (Wildman–Crippen LogP) is 1.73. The number of amides is 1. The van der Waals surface area contributed by atoms with Crippen molar-refractivity contribution in [3.8, 4) is 0 Å². The first-order chi connectivity index (χ1) is 8.93. The zero-order chi connectivity index (χ0) is 14.3. The van der Waals surface area contributed by atoms with Crippen LogP contribution < -0.4 is 11.1 Å². The maximum Gasteiger partial charge on any atom is 0.220 e. The molecule has 0 aromatic heterocycles. The monoisotopic (exact) mass is 264 g/mol. The van der Waals surface area contributed by atoms with Gasteiger partial charge >= 0.3 is 0 Å². The number of aliphatic hydroxyl groups excluding tert-OH is 1. The van der Waals surface area contributed by atoms with Crippen molar-refractivity contribution in [2.75, 3.05) is 18.9 Å². The zero-order valence-electron chi connectivity index (χ0n) is 11.8. The van der Waals surface area contributed by atoms with E-state index in [0.717, 1.165) is 11.3 Å². The van der Waals surface area contributed by atoms with Crippen molar-refractivity contribution in [3.05, 3.63) is 29.8 Å². The lowest BCUT2D eigenvalue weighted by Crippen LogP contribution is -2.34. The summed E-state index contributed by atoms with van der Waals surface area (Å²) in [6.07, 6.45) is 1.83. The molecule has 4 N–H and O–H groups in total. The van der Waals surface area contributed by atoms with Crippen LogP contribution in [-0.4, -0.2) is 24.2 Å². The second-order valence-corrected chi connectivity index (χ2v) is 5.66. The fraction of sp³-hybridized carbons (Fsp3) is 0.533. The molecular weight excluding hydrogens is 240 g/mol. The molecule has 0 unspecified atom stereocenters. The topological polar surface area (TPSA) is 75.3 Å². The van der Waals surface area contributed by atoms with Crippen LogP contribution in [0, 0.1) is 5.41 Å². The number of nitrogens with two attached hydrogens (primary N) is 1. The van der Waals surface area contributed by atoms with E-state index in [4.69, 9.17) is 10.8 Å². The molecule has 0 aliphatic rings. The predicted molar refractivity (Wildman–Crippen MR) is 77.7 cm³/mol. The Morgan fingerprint density at radius 1 is 1.42 bits per heavy atom. The van der Waals surface area contributed by atoms with Gasteiger partial charge in [-0.1, -0.05) is 26.0 Å². The van der Waals surface area contributed by atoms with Crippen LogP contribution in [0.5, 0.6) is 0 Å². The Morgan fingerprint density at radius 2 is 2.16 bits per heavy atom. The summed E-state index contributed by atoms with van der Waals surface area (Å²) in [5, 5.41) is 11.8. The minimum atomic E-state index is -0.0679. The average Bonchev–Trinajstić information content (AvgIpc) is 2.34. The zero-order valence-corrected chi connectivity index (χ0v) is 11.8. The van der Waals surface area contributed by atoms with Crippen molar-refractivity contribution in [2.45, 2.75) is 33.1 Å². The number of anilines is 1. The van der Waals surface area contributed by atoms with Crippen molar-refractivity contribution in [1.82, 2.24) is 5.32 Å². The molecule has 4 nitrogen and oxygen atoms in total. The summed E-state index contributed by atoms with van der Waals surface area (Å²) in [5.74, 6) is 0.0356. The fourth-order valence-electron chi connectivity index (χ4n) is 1.82. The first-order valence-electron chi connectivity index (χ1n) is 6.65. The Balaban J connectivity index is 2.32. The number of nitrogens with one attached hydrogen (secondary N) is 1. The number of aryl methyl sites for hydroxylation is 1. The van der Waals surface area contributed by atoms with Gasteiger partial charge in [-0.25, -0.2) is 0 Å². The van der Waals surface area contributed by atoms with E-state index in [0.29, 0.717) is 25.8 Å². The number of carbonyl (C=O) groups excluding carboxylic acids is 1. The third-order valence-electron chi connectivity index (χ3n) is 3.14. The summed E-state index contributed by atoms with van der Waals surface area (Å²) in [7, 11) is 0. The van der Waals surface area contributed by atoms with Crippen LogP contribution in [0.15, 0.2) is 24.3 Å². The van der Waals surface area contributed by atoms with Gasteiger partial charge in [0.1, 0.15) is 0 Å². The van der Waals surface area contributed by atoms with Gasteiger partial charge in [0.05, 0.1) is 0 Å². The molecule has 0 radical (unpaired) electrons. The lowest BCUT2D eigenvalue weighted by Gasteiger charge is -2.23. The molecule has 0 atom stereocenters. The number of rotatable bonds is 7. The Labute approximate surface area is 115 Å². The number of benzene rings is 1. The van der Waals surface area contributed by atoms with E-state index >= 15 is 0 Å². The molecule has 0 saturated heterocycles. The summed E-state index contributed by atoms with van der Waals surface area (Å²) in [6.45, 7) is 4.79. The Kier molecular flexibility index (Phi) is 5.83. The summed E-state index contributed by atoms with van der Waals surface area (Å²) in [4.78, 5) is 11.7. The third kappa shape index (κ3) is 6.25. The Morgan fingerprint density at radius 3 is 2.79 bits per heavy atom. The minimum absolute atomic E-state index is 0.0356. The lowest BCUT2D eigenvalue weighted by molar-refractivity contribution is -0.121. The third-order valence-corrected chi connectivity index (χ3v) is 3.14. The molecule has 0 saturated carbocycles. The highest BCUT2D eigenvalue weighted by Crippen LogP contribution is 2.18. The van der Waals surface area contributed by atoms with E-state index in [9.17, 15) is 4.79 Å². The van der Waals surface area contributed by atoms with Crippen LogP contribution in [0.3, 0.4) is 0 Å². The largest absolute Gasteiger partial charge is 0.399 e. The van der Waals surface area contributed by atoms with Gasteiger partial charge < -0.3 is 16.2 Å². The standard InChI is InChI=1S/C15H24N2O2/c1-15(2,8-9-18)11-17-14(19)7-6-12-4-3-5-13(16)10-12/h3-5,10,18H,6-9,11,16H2,1-2H3,(H,17,19). The van der Waals surface area contributed by atoms with E-state index < -0.39 is 0 Å². The number of carbonyl (C=O) groups is 1. The highest BCUT2D eigenvalue weighted by atomic mass is 16.3. The van der Waals surface area contributed by atoms with Gasteiger partial charge in [-0.05, 0) is 36.0 Å². The van der Waals surface area contributed by atoms with Gasteiger partial charge in [0.2, 0.25) is 5.91 Å². The molecule has 4 heteroatoms. The van der Waals surface area contributed by atoms with E-state index in [1.807, 2.05) is 38.1 Å². The summed E-state index contributed by atoms with van der Waals surface area (Å²) >= 11 is 0. The van der Waals surface area contributed by atoms with Gasteiger partial charge in [0, 0.05) is 25.3 Å². The number of hydrogen-bond acceptors (Lipinski definition) is 3. The van der Waals surface area contributed by atoms with Crippen LogP contribution in [-0.2, 0) is 11.2 Å². The lowest BCUT2D eigenvalue weighted by atomic mass is 9.90. The van der Waals surface area contributed by atoms with E-state index in [1.54, 1.807) is 0 Å². The van der Waals surface area contributed by atoms with Gasteiger partial charge in [0.25, 0.3) is 0 Å². The van der Waals surface area contributed by atoms with Crippen molar-refractivity contribution in [1.29, 1.82) is 0 Å². The average molecular weight is 264 g/mol. The molecule has 0 aliphatic carbocycles. The van der Waals surface area contributed by atoms with Gasteiger partial charge in [-0.3, -0.25) is 4.79 Å². The number of hydrogen-bond donors (Lipinski definition) is 3. The van der Waals surface area contributed by atoms with Crippen molar-refractivity contribution >= 4 is 11.6 Å². The molecule has 1 aromatic rings. The van der Waals surface area contributed by atoms with E-state index in [2.05, 4.69) is 5.32 Å². The highest BCUT2D eigenvalue weighted by molar-refractivity contribution is 5.76. The smallest absolute Gasteiger partial charge is 0.220 e. The van der Waals surface area contributed by atoms with Crippen LogP contribution >= 0.6 is 0 Å². The van der Waals surface area contributed by atoms with Gasteiger partial charge in [-0.15, -0.1) is 0 Å². The second-order valence-electron chi connectivity index (χ2n) is 5.66. The molecule has 1 amide bonds. The quantitative estimate of drug-likeness (QED) is 0.656. The Bertz CT molecular complexity index is 416. The molecular formula is C15H24N2O2. The normalized spacial score (nSPS) is 11.3. The van der Waals surface area contributed by atoms with Crippen LogP contribution in [0.4, 0.5) is 5.69 Å². The fourth-order valence-corrected chi connectivity index (χ4v) is 1.82. The van der Waals surface area contributed by atoms with Crippen LogP contribution in [0.1, 0.15) is 32.3 Å². The second kappa shape index (κ2) is 7.14. The van der Waals surface area contributed by atoms with Crippen LogP contribution in [0.25, 0.3) is 0 Å². The summed E-state index contributed by atoms with van der Waals surface area (Å²) in [5.41, 5.74) is 7.42. The number of nitrogen functional groups attached to an aromatic ring is 1. The van der Waals surface area contributed by atoms with Gasteiger partial charge in [0.15, 0.2) is 0 Å². The highest BCUT2D eigenvalue weighted by Gasteiger charge is 2.17. The molecule has 0 spiro atoms. The number of aliphatic hydroxyl groups is 1. The van der Waals surface area contributed by atoms with E-state index in [1.165, 1.54) is 0 Å². The molecule has 0 bridgehead atoms. The maximum atomic E-state index is 11.7. The molecule has 0 fully saturated rings. The molecule has 19 heavy (non-hydrogen) atoms. The van der Waals surface area contributed by atoms with Crippen molar-refractivity contribution < 1.29 is 9.90 Å². The summed E-state index contributed by atoms with van der Waals surface area (Å²) in [6, 6.07) is 7.59. The molecule has 106 valence electrons. The van der Waals surface area contributed by atoms with E-state index in [-0.39, 0.29) is 17.9 Å². The molecule has 1 aromatic carbocycles. The Hall–Kier alpha value is -1.55. The maximum absolute atomic E-state index is 11.7. The first-order valence-corrected chi connectivity index (χ1v) is 6.65. The SMILES string of the molecule is CC(C)(CCO)CNC(=O)CCc1cccc(N)c1. The molecule has 0 heterocycles. The first kappa shape index (κ1) is 15.5. The summed E-state index contributed by atoms with van der Waals surface area (Å²) < 4.78 is 0. The van der Waals surface area contributed by atoms with Crippen molar-refractivity contribution in [2.24, 2.45) is 5.41 Å². The van der Waals surface area contributed by atoms with Crippen LogP contribution in [0.2, 0.25) is 0 Å². The van der Waals surface area contributed by atoms with Gasteiger partial charge in [-0.2, -0.15) is 0 Å². The van der Waals surface area contributed by atoms with Crippen molar-refractivity contribution in [3.63, 3.8) is 0 Å². The molecule has 0 aliphatic heterocycles.